The van der Waals surface area contributed by atoms with E-state index in [0.717, 1.165) is 0 Å². The van der Waals surface area contributed by atoms with Crippen LogP contribution in [-0.2, 0) is 24.0 Å². The number of aliphatic hydroxyl groups is 1. The van der Waals surface area contributed by atoms with Crippen molar-refractivity contribution in [2.24, 2.45) is 11.5 Å². The second kappa shape index (κ2) is 10.9. The Morgan fingerprint density at radius 2 is 1.62 bits per heavy atom. The summed E-state index contributed by atoms with van der Waals surface area (Å²) in [5.74, 6) is -4.28. The lowest BCUT2D eigenvalue weighted by atomic mass is 10.1. The zero-order valence-corrected chi connectivity index (χ0v) is 12.8. The minimum atomic E-state index is -1.36. The fourth-order valence-electron chi connectivity index (χ4n) is 1.43. The Morgan fingerprint density at radius 3 is 2.12 bits per heavy atom. The highest BCUT2D eigenvalue weighted by Gasteiger charge is 2.23. The van der Waals surface area contributed by atoms with Crippen molar-refractivity contribution in [3.05, 3.63) is 0 Å². The molecule has 24 heavy (non-hydrogen) atoms. The third-order valence-electron chi connectivity index (χ3n) is 2.71. The lowest BCUT2D eigenvalue weighted by molar-refractivity contribution is -0.138. The summed E-state index contributed by atoms with van der Waals surface area (Å²) in [4.78, 5) is 55.6. The first kappa shape index (κ1) is 21.3. The molecule has 12 nitrogen and oxygen atoms in total. The van der Waals surface area contributed by atoms with Gasteiger partial charge in [-0.1, -0.05) is 0 Å². The standard InChI is InChI=1S/C12H21N5O7/c13-6(1-2-8(14)19)11(23)17-7(5-18)12(24)16-3-9(20)15-4-10(21)22/h6-7,18H,1-5,13H2,(H2,14,19)(H,15,20)(H,16,24)(H,17,23)(H,21,22). The molecule has 9 N–H and O–H groups in total. The third-order valence-corrected chi connectivity index (χ3v) is 2.71. The van der Waals surface area contributed by atoms with E-state index in [4.69, 9.17) is 21.7 Å². The van der Waals surface area contributed by atoms with Crippen molar-refractivity contribution in [1.82, 2.24) is 16.0 Å². The Kier molecular flexibility index (Phi) is 9.67. The fourth-order valence-corrected chi connectivity index (χ4v) is 1.43. The summed E-state index contributed by atoms with van der Waals surface area (Å²) in [6.45, 7) is -1.90. The van der Waals surface area contributed by atoms with E-state index in [1.165, 1.54) is 0 Å². The van der Waals surface area contributed by atoms with Crippen LogP contribution in [-0.4, -0.2) is 71.6 Å². The number of carbonyl (C=O) groups excluding carboxylic acids is 4. The number of rotatable bonds is 11. The van der Waals surface area contributed by atoms with E-state index < -0.39 is 61.4 Å². The van der Waals surface area contributed by atoms with Crippen LogP contribution in [0.25, 0.3) is 0 Å². The largest absolute Gasteiger partial charge is 0.480 e. The van der Waals surface area contributed by atoms with Gasteiger partial charge in [-0.2, -0.15) is 0 Å². The lowest BCUT2D eigenvalue weighted by Crippen LogP contribution is -2.54. The van der Waals surface area contributed by atoms with Crippen molar-refractivity contribution < 1.29 is 34.2 Å². The molecule has 0 fully saturated rings. The molecule has 4 amide bonds. The van der Waals surface area contributed by atoms with Crippen LogP contribution in [0.3, 0.4) is 0 Å². The average Bonchev–Trinajstić information content (AvgIpc) is 2.52. The van der Waals surface area contributed by atoms with Gasteiger partial charge in [-0.3, -0.25) is 24.0 Å². The van der Waals surface area contributed by atoms with Gasteiger partial charge >= 0.3 is 5.97 Å². The Balaban J connectivity index is 4.33. The summed E-state index contributed by atoms with van der Waals surface area (Å²) in [5.41, 5.74) is 10.4. The monoisotopic (exact) mass is 347 g/mol. The molecule has 0 radical (unpaired) electrons. The molecule has 0 heterocycles. The summed E-state index contributed by atoms with van der Waals surface area (Å²) < 4.78 is 0. The zero-order valence-electron chi connectivity index (χ0n) is 12.8. The molecule has 0 saturated heterocycles. The van der Waals surface area contributed by atoms with Crippen molar-refractivity contribution in [3.8, 4) is 0 Å². The average molecular weight is 347 g/mol. The first-order chi connectivity index (χ1) is 11.2. The van der Waals surface area contributed by atoms with Gasteiger partial charge in [-0.15, -0.1) is 0 Å². The van der Waals surface area contributed by atoms with E-state index in [9.17, 15) is 24.0 Å². The minimum absolute atomic E-state index is 0.0292. The molecule has 0 saturated carbocycles. The second-order valence-electron chi connectivity index (χ2n) is 4.74. The molecule has 0 aliphatic heterocycles. The predicted octanol–water partition coefficient (Wildman–Crippen LogP) is -4.63. The van der Waals surface area contributed by atoms with Gasteiger partial charge in [0.25, 0.3) is 0 Å². The SMILES string of the molecule is NC(=O)CCC(N)C(=O)NC(CO)C(=O)NCC(=O)NCC(=O)O. The maximum absolute atomic E-state index is 11.7. The molecular weight excluding hydrogens is 326 g/mol. The Bertz CT molecular complexity index is 496. The highest BCUT2D eigenvalue weighted by Crippen LogP contribution is 1.95. The van der Waals surface area contributed by atoms with E-state index >= 15 is 0 Å². The van der Waals surface area contributed by atoms with E-state index in [0.29, 0.717) is 0 Å². The molecule has 0 spiro atoms. The Hall–Kier alpha value is -2.73. The van der Waals surface area contributed by atoms with E-state index in [2.05, 4.69) is 10.6 Å². The number of hydrogen-bond acceptors (Lipinski definition) is 7. The highest BCUT2D eigenvalue weighted by molar-refractivity contribution is 5.92. The Morgan fingerprint density at radius 1 is 1.00 bits per heavy atom. The Labute approximate surface area is 136 Å². The van der Waals surface area contributed by atoms with E-state index in [1.807, 2.05) is 5.32 Å². The topological polar surface area (TPSA) is 214 Å². The van der Waals surface area contributed by atoms with Gasteiger partial charge < -0.3 is 37.6 Å². The van der Waals surface area contributed by atoms with Gasteiger partial charge in [0, 0.05) is 6.42 Å². The zero-order chi connectivity index (χ0) is 18.7. The molecule has 2 unspecified atom stereocenters. The quantitative estimate of drug-likeness (QED) is 0.192. The van der Waals surface area contributed by atoms with Crippen LogP contribution in [0.4, 0.5) is 0 Å². The van der Waals surface area contributed by atoms with E-state index in [-0.39, 0.29) is 12.8 Å². The number of primary amides is 1. The smallest absolute Gasteiger partial charge is 0.322 e. The second-order valence-corrected chi connectivity index (χ2v) is 4.74. The molecule has 0 aromatic heterocycles. The molecule has 0 aromatic rings. The first-order valence-corrected chi connectivity index (χ1v) is 6.88. The normalized spacial score (nSPS) is 12.6. The summed E-state index contributed by atoms with van der Waals surface area (Å²) in [6, 6.07) is -2.46. The number of nitrogens with one attached hydrogen (secondary N) is 3. The van der Waals surface area contributed by atoms with Gasteiger partial charge in [-0.25, -0.2) is 0 Å². The van der Waals surface area contributed by atoms with E-state index in [1.54, 1.807) is 0 Å². The molecule has 0 aliphatic carbocycles. The van der Waals surface area contributed by atoms with Gasteiger partial charge in [0.1, 0.15) is 12.6 Å². The van der Waals surface area contributed by atoms with Crippen LogP contribution in [0, 0.1) is 0 Å². The van der Waals surface area contributed by atoms with Gasteiger partial charge in [0.2, 0.25) is 23.6 Å². The van der Waals surface area contributed by atoms with Crippen LogP contribution in [0.15, 0.2) is 0 Å². The third kappa shape index (κ3) is 9.32. The fraction of sp³-hybridized carbons (Fsp3) is 0.583. The van der Waals surface area contributed by atoms with Crippen molar-refractivity contribution in [1.29, 1.82) is 0 Å². The van der Waals surface area contributed by atoms with Crippen molar-refractivity contribution in [3.63, 3.8) is 0 Å². The van der Waals surface area contributed by atoms with Crippen LogP contribution < -0.4 is 27.4 Å². The molecule has 12 heteroatoms. The summed E-state index contributed by atoms with van der Waals surface area (Å²) in [5, 5.41) is 23.8. The molecular formula is C12H21N5O7. The number of hydrogen-bond donors (Lipinski definition) is 7. The number of aliphatic hydroxyl groups excluding tert-OH is 1. The van der Waals surface area contributed by atoms with Gasteiger partial charge in [0.15, 0.2) is 0 Å². The minimum Gasteiger partial charge on any atom is -0.480 e. The predicted molar refractivity (Wildman–Crippen MR) is 79.1 cm³/mol. The van der Waals surface area contributed by atoms with Gasteiger partial charge in [-0.05, 0) is 6.42 Å². The molecule has 0 rings (SSSR count). The molecule has 2 atom stereocenters. The van der Waals surface area contributed by atoms with Crippen molar-refractivity contribution in [2.75, 3.05) is 19.7 Å². The van der Waals surface area contributed by atoms with Crippen LogP contribution in [0.5, 0.6) is 0 Å². The summed E-state index contributed by atoms with van der Waals surface area (Å²) in [6.07, 6.45) is -0.146. The summed E-state index contributed by atoms with van der Waals surface area (Å²) >= 11 is 0. The molecule has 0 aromatic carbocycles. The number of nitrogens with two attached hydrogens (primary N) is 2. The molecule has 0 aliphatic rings. The van der Waals surface area contributed by atoms with Crippen molar-refractivity contribution >= 4 is 29.6 Å². The van der Waals surface area contributed by atoms with Crippen LogP contribution in [0.2, 0.25) is 0 Å². The number of carboxylic acid groups (broad SMARTS) is 1. The highest BCUT2D eigenvalue weighted by atomic mass is 16.4. The van der Waals surface area contributed by atoms with Crippen LogP contribution in [0.1, 0.15) is 12.8 Å². The number of aliphatic carboxylic acids is 1. The summed E-state index contributed by atoms with van der Waals surface area (Å²) in [7, 11) is 0. The molecule has 0 bridgehead atoms. The maximum atomic E-state index is 11.7. The number of carbonyl (C=O) groups is 5. The number of carboxylic acids is 1. The van der Waals surface area contributed by atoms with Crippen LogP contribution >= 0.6 is 0 Å². The molecule has 136 valence electrons. The van der Waals surface area contributed by atoms with Crippen molar-refractivity contribution in [2.45, 2.75) is 24.9 Å². The maximum Gasteiger partial charge on any atom is 0.322 e. The lowest BCUT2D eigenvalue weighted by Gasteiger charge is -2.18. The van der Waals surface area contributed by atoms with Gasteiger partial charge in [0.05, 0.1) is 19.2 Å². The number of amides is 4. The first-order valence-electron chi connectivity index (χ1n) is 6.88.